The van der Waals surface area contributed by atoms with Crippen molar-refractivity contribution in [1.82, 2.24) is 0 Å². The highest BCUT2D eigenvalue weighted by molar-refractivity contribution is 7.89. The van der Waals surface area contributed by atoms with Gasteiger partial charge in [-0.05, 0) is 11.6 Å². The largest absolute Gasteiger partial charge is 0.336 e. The lowest BCUT2D eigenvalue weighted by Crippen LogP contribution is -2.36. The van der Waals surface area contributed by atoms with Crippen LogP contribution in [0.4, 0.5) is 0 Å². The molecule has 5 heteroatoms. The number of benzene rings is 1. The van der Waals surface area contributed by atoms with Gasteiger partial charge in [0.1, 0.15) is 0 Å². The summed E-state index contributed by atoms with van der Waals surface area (Å²) in [6, 6.07) is 9.18. The summed E-state index contributed by atoms with van der Waals surface area (Å²) < 4.78 is 27.8. The molecule has 4 nitrogen and oxygen atoms in total. The van der Waals surface area contributed by atoms with E-state index in [1.54, 1.807) is 21.1 Å². The van der Waals surface area contributed by atoms with E-state index >= 15 is 0 Å². The van der Waals surface area contributed by atoms with E-state index in [0.717, 1.165) is 11.0 Å². The molecule has 0 bridgehead atoms. The van der Waals surface area contributed by atoms with Crippen LogP contribution in [0.2, 0.25) is 0 Å². The van der Waals surface area contributed by atoms with Crippen molar-refractivity contribution in [2.45, 2.75) is 0 Å². The Hall–Kier alpha value is -1.17. The molecule has 0 spiro atoms. The monoisotopic (exact) mass is 242 g/mol. The van der Waals surface area contributed by atoms with Crippen LogP contribution >= 0.6 is 0 Å². The van der Waals surface area contributed by atoms with Gasteiger partial charge in [0, 0.05) is 0 Å². The van der Waals surface area contributed by atoms with Crippen molar-refractivity contribution in [1.29, 1.82) is 0 Å². The maximum Gasteiger partial charge on any atom is 0.336 e. The van der Waals surface area contributed by atoms with E-state index in [2.05, 4.69) is 0 Å². The minimum atomic E-state index is -3.65. The Morgan fingerprint density at radius 3 is 2.19 bits per heavy atom. The predicted molar refractivity (Wildman–Crippen MR) is 63.5 cm³/mol. The molecule has 0 aliphatic carbocycles. The third-order valence-electron chi connectivity index (χ3n) is 1.55. The lowest BCUT2D eigenvalue weighted by atomic mass is 10.2. The predicted octanol–water partition coefficient (Wildman–Crippen LogP) is 1.62. The van der Waals surface area contributed by atoms with Gasteiger partial charge in [0.2, 0.25) is 0 Å². The van der Waals surface area contributed by atoms with Gasteiger partial charge in [-0.2, -0.15) is 13.1 Å². The maximum absolute atomic E-state index is 11.5. The average Bonchev–Trinajstić information content (AvgIpc) is 2.13. The number of rotatable bonds is 4. The van der Waals surface area contributed by atoms with Crippen LogP contribution in [0.15, 0.2) is 35.7 Å². The SMILES string of the molecule is C[N+](C)(C)OS(=O)(=O)C=Cc1ccccc1. The minimum absolute atomic E-state index is 0.0958. The number of hydroxylamine groups is 3. The molecule has 1 rings (SSSR count). The van der Waals surface area contributed by atoms with Crippen molar-refractivity contribution in [3.8, 4) is 0 Å². The Bertz CT molecular complexity index is 458. The summed E-state index contributed by atoms with van der Waals surface area (Å²) in [5.41, 5.74) is 0.816. The van der Waals surface area contributed by atoms with E-state index < -0.39 is 10.1 Å². The quantitative estimate of drug-likeness (QED) is 0.595. The first-order chi connectivity index (χ1) is 7.29. The first-order valence-corrected chi connectivity index (χ1v) is 6.26. The third kappa shape index (κ3) is 5.06. The summed E-state index contributed by atoms with van der Waals surface area (Å²) in [5, 5.41) is 1.06. The molecule has 0 aliphatic heterocycles. The molecule has 0 amide bonds. The summed E-state index contributed by atoms with van der Waals surface area (Å²) >= 11 is 0. The van der Waals surface area contributed by atoms with Crippen LogP contribution in [-0.4, -0.2) is 34.2 Å². The van der Waals surface area contributed by atoms with Crippen LogP contribution in [-0.2, 0) is 14.4 Å². The van der Waals surface area contributed by atoms with Crippen molar-refractivity contribution >= 4 is 16.2 Å². The fraction of sp³-hybridized carbons (Fsp3) is 0.273. The van der Waals surface area contributed by atoms with Gasteiger partial charge in [-0.15, -0.1) is 0 Å². The van der Waals surface area contributed by atoms with Gasteiger partial charge in [-0.25, -0.2) is 0 Å². The Morgan fingerprint density at radius 1 is 1.12 bits per heavy atom. The number of quaternary nitrogens is 1. The zero-order chi connectivity index (χ0) is 12.2. The molecular formula is C11H16NO3S+. The molecule has 0 atom stereocenters. The van der Waals surface area contributed by atoms with Gasteiger partial charge in [0.25, 0.3) is 0 Å². The van der Waals surface area contributed by atoms with E-state index in [9.17, 15) is 8.42 Å². The molecule has 0 aromatic heterocycles. The molecule has 0 unspecified atom stereocenters. The lowest BCUT2D eigenvalue weighted by Gasteiger charge is -2.18. The highest BCUT2D eigenvalue weighted by atomic mass is 32.2. The number of hydrogen-bond donors (Lipinski definition) is 0. The molecule has 1 aromatic rings. The second-order valence-electron chi connectivity index (χ2n) is 4.17. The molecule has 0 heterocycles. The highest BCUT2D eigenvalue weighted by Crippen LogP contribution is 2.07. The van der Waals surface area contributed by atoms with Gasteiger partial charge in [-0.1, -0.05) is 34.6 Å². The van der Waals surface area contributed by atoms with Crippen molar-refractivity contribution in [2.75, 3.05) is 21.1 Å². The molecule has 0 fully saturated rings. The molecule has 0 N–H and O–H groups in total. The summed E-state index contributed by atoms with van der Waals surface area (Å²) in [6.45, 7) is 0. The minimum Gasteiger partial charge on any atom is -0.190 e. The molecule has 1 aromatic carbocycles. The molecule has 88 valence electrons. The number of nitrogens with zero attached hydrogens (tertiary/aromatic N) is 1. The molecule has 0 aliphatic rings. The van der Waals surface area contributed by atoms with Crippen LogP contribution in [0.1, 0.15) is 5.56 Å². The summed E-state index contributed by atoms with van der Waals surface area (Å²) in [4.78, 5) is 0. The van der Waals surface area contributed by atoms with Crippen LogP contribution < -0.4 is 0 Å². The Labute approximate surface area is 96.4 Å². The Morgan fingerprint density at radius 2 is 1.69 bits per heavy atom. The van der Waals surface area contributed by atoms with E-state index in [1.165, 1.54) is 6.08 Å². The molecular weight excluding hydrogens is 226 g/mol. The molecule has 0 saturated heterocycles. The van der Waals surface area contributed by atoms with E-state index in [-0.39, 0.29) is 4.65 Å². The third-order valence-corrected chi connectivity index (χ3v) is 2.68. The highest BCUT2D eigenvalue weighted by Gasteiger charge is 2.19. The molecule has 16 heavy (non-hydrogen) atoms. The van der Waals surface area contributed by atoms with Crippen molar-refractivity contribution in [3.63, 3.8) is 0 Å². The summed E-state index contributed by atoms with van der Waals surface area (Å²) in [7, 11) is 1.25. The zero-order valence-corrected chi connectivity index (χ0v) is 10.4. The second-order valence-corrected chi connectivity index (χ2v) is 5.58. The standard InChI is InChI=1S/C11H16NO3S/c1-12(2,3)15-16(13,14)10-9-11-7-5-4-6-8-11/h4-10H,1-3H3/q+1. The van der Waals surface area contributed by atoms with Crippen molar-refractivity contribution < 1.29 is 17.3 Å². The van der Waals surface area contributed by atoms with E-state index in [4.69, 9.17) is 4.28 Å². The normalized spacial score (nSPS) is 13.2. The lowest BCUT2D eigenvalue weighted by molar-refractivity contribution is -1.03. The second kappa shape index (κ2) is 4.78. The van der Waals surface area contributed by atoms with Crippen LogP contribution in [0.5, 0.6) is 0 Å². The van der Waals surface area contributed by atoms with Crippen LogP contribution in [0.25, 0.3) is 6.08 Å². The van der Waals surface area contributed by atoms with Gasteiger partial charge in [-0.3, -0.25) is 0 Å². The topological polar surface area (TPSA) is 43.4 Å². The molecule has 0 radical (unpaired) electrons. The first kappa shape index (κ1) is 12.9. The van der Waals surface area contributed by atoms with Gasteiger partial charge < -0.3 is 0 Å². The fourth-order valence-corrected chi connectivity index (χ4v) is 2.06. The van der Waals surface area contributed by atoms with Crippen molar-refractivity contribution in [3.05, 3.63) is 41.3 Å². The summed E-state index contributed by atoms with van der Waals surface area (Å²) in [6.07, 6.45) is 1.50. The first-order valence-electron chi connectivity index (χ1n) is 4.79. The van der Waals surface area contributed by atoms with Crippen LogP contribution in [0, 0.1) is 0 Å². The van der Waals surface area contributed by atoms with E-state index in [0.29, 0.717) is 0 Å². The van der Waals surface area contributed by atoms with E-state index in [1.807, 2.05) is 30.3 Å². The fourth-order valence-electron chi connectivity index (χ4n) is 1.06. The average molecular weight is 242 g/mol. The van der Waals surface area contributed by atoms with Gasteiger partial charge in [0.05, 0.1) is 26.6 Å². The smallest absolute Gasteiger partial charge is 0.190 e. The maximum atomic E-state index is 11.5. The van der Waals surface area contributed by atoms with Gasteiger partial charge in [0.15, 0.2) is 0 Å². The van der Waals surface area contributed by atoms with Crippen molar-refractivity contribution in [2.24, 2.45) is 0 Å². The molecule has 0 saturated carbocycles. The van der Waals surface area contributed by atoms with Gasteiger partial charge >= 0.3 is 10.1 Å². The van der Waals surface area contributed by atoms with Crippen LogP contribution in [0.3, 0.4) is 0 Å². The number of hydrogen-bond acceptors (Lipinski definition) is 3. The zero-order valence-electron chi connectivity index (χ0n) is 9.62. The Kier molecular flexibility index (Phi) is 3.85. The summed E-state index contributed by atoms with van der Waals surface area (Å²) in [5.74, 6) is 0. The Balaban J connectivity index is 2.78.